The quantitative estimate of drug-likeness (QED) is 0.473. The van der Waals surface area contributed by atoms with Crippen LogP contribution in [0.25, 0.3) is 22.2 Å². The molecular weight excluding hydrogens is 405 g/mol. The molecule has 0 saturated carbocycles. The van der Waals surface area contributed by atoms with Crippen molar-refractivity contribution in [2.45, 2.75) is 6.04 Å². The van der Waals surface area contributed by atoms with Gasteiger partial charge >= 0.3 is 5.97 Å². The van der Waals surface area contributed by atoms with E-state index < -0.39 is 12.0 Å². The van der Waals surface area contributed by atoms with E-state index in [-0.39, 0.29) is 5.82 Å². The van der Waals surface area contributed by atoms with Gasteiger partial charge < -0.3 is 15.0 Å². The number of halogens is 1. The summed E-state index contributed by atoms with van der Waals surface area (Å²) in [5, 5.41) is 11.3. The normalized spacial score (nSPS) is 15.7. The minimum absolute atomic E-state index is 0.258. The first-order valence-corrected chi connectivity index (χ1v) is 10.8. The third-order valence-electron chi connectivity index (χ3n) is 6.19. The number of benzene rings is 3. The molecule has 5 nitrogen and oxygen atoms in total. The Hall–Kier alpha value is -3.64. The number of carboxylic acid groups (broad SMARTS) is 1. The lowest BCUT2D eigenvalue weighted by atomic mass is 9.97. The Kier molecular flexibility index (Phi) is 5.37. The van der Waals surface area contributed by atoms with Crippen LogP contribution in [0.4, 0.5) is 10.1 Å². The molecule has 0 unspecified atom stereocenters. The van der Waals surface area contributed by atoms with Crippen molar-refractivity contribution in [2.24, 2.45) is 0 Å². The SMILES string of the molecule is O=C(O)[C@@H](c1c(-c2ccccc2)[nH]c2ccccc12)N1CCN(c2ccc(F)cc2)CC1. The van der Waals surface area contributed by atoms with Crippen LogP contribution >= 0.6 is 0 Å². The summed E-state index contributed by atoms with van der Waals surface area (Å²) in [5.41, 5.74) is 4.50. The molecular formula is C26H24FN3O2. The fourth-order valence-electron chi connectivity index (χ4n) is 4.63. The number of nitrogens with one attached hydrogen (secondary N) is 1. The van der Waals surface area contributed by atoms with E-state index in [0.717, 1.165) is 33.4 Å². The second-order valence-electron chi connectivity index (χ2n) is 8.07. The fraction of sp³-hybridized carbons (Fsp3) is 0.192. The van der Waals surface area contributed by atoms with Gasteiger partial charge in [0.15, 0.2) is 0 Å². The van der Waals surface area contributed by atoms with E-state index in [1.54, 1.807) is 12.1 Å². The van der Waals surface area contributed by atoms with Gasteiger partial charge in [-0.15, -0.1) is 0 Å². The molecule has 4 aromatic rings. The Morgan fingerprint density at radius 2 is 1.53 bits per heavy atom. The van der Waals surface area contributed by atoms with E-state index in [1.165, 1.54) is 12.1 Å². The second kappa shape index (κ2) is 8.48. The maximum atomic E-state index is 13.3. The molecule has 0 radical (unpaired) electrons. The van der Waals surface area contributed by atoms with E-state index in [9.17, 15) is 14.3 Å². The highest BCUT2D eigenvalue weighted by molar-refractivity contribution is 5.95. The average molecular weight is 429 g/mol. The van der Waals surface area contributed by atoms with Crippen LogP contribution in [0.2, 0.25) is 0 Å². The predicted molar refractivity (Wildman–Crippen MR) is 124 cm³/mol. The zero-order valence-electron chi connectivity index (χ0n) is 17.5. The molecule has 1 atom stereocenters. The lowest BCUT2D eigenvalue weighted by Crippen LogP contribution is -2.49. The molecule has 2 heterocycles. The van der Waals surface area contributed by atoms with E-state index in [0.29, 0.717) is 26.2 Å². The summed E-state index contributed by atoms with van der Waals surface area (Å²) in [6.07, 6.45) is 0. The average Bonchev–Trinajstić information content (AvgIpc) is 3.20. The number of nitrogens with zero attached hydrogens (tertiary/aromatic N) is 2. The van der Waals surface area contributed by atoms with Gasteiger partial charge in [0, 0.05) is 48.3 Å². The molecule has 5 rings (SSSR count). The monoisotopic (exact) mass is 429 g/mol. The second-order valence-corrected chi connectivity index (χ2v) is 8.07. The molecule has 3 aromatic carbocycles. The van der Waals surface area contributed by atoms with Crippen LogP contribution in [0, 0.1) is 5.82 Å². The van der Waals surface area contributed by atoms with Gasteiger partial charge in [0.25, 0.3) is 0 Å². The molecule has 162 valence electrons. The Morgan fingerprint density at radius 3 is 2.22 bits per heavy atom. The van der Waals surface area contributed by atoms with Crippen molar-refractivity contribution in [1.29, 1.82) is 0 Å². The van der Waals surface area contributed by atoms with Gasteiger partial charge in [-0.2, -0.15) is 0 Å². The van der Waals surface area contributed by atoms with E-state index >= 15 is 0 Å². The highest BCUT2D eigenvalue weighted by Crippen LogP contribution is 2.38. The van der Waals surface area contributed by atoms with Crippen molar-refractivity contribution in [1.82, 2.24) is 9.88 Å². The third-order valence-corrected chi connectivity index (χ3v) is 6.19. The maximum absolute atomic E-state index is 13.3. The number of anilines is 1. The van der Waals surface area contributed by atoms with E-state index in [2.05, 4.69) is 9.88 Å². The Labute approximate surface area is 185 Å². The largest absolute Gasteiger partial charge is 0.480 e. The standard InChI is InChI=1S/C26H24FN3O2/c27-19-10-12-20(13-11-19)29-14-16-30(17-15-29)25(26(31)32)23-21-8-4-5-9-22(21)28-24(23)18-6-2-1-3-7-18/h1-13,25,28H,14-17H2,(H,31,32)/t25-/m1/s1. The summed E-state index contributed by atoms with van der Waals surface area (Å²) in [4.78, 5) is 20.3. The summed E-state index contributed by atoms with van der Waals surface area (Å²) in [5.74, 6) is -1.12. The van der Waals surface area contributed by atoms with Crippen LogP contribution in [-0.2, 0) is 4.79 Å². The third kappa shape index (κ3) is 3.74. The minimum Gasteiger partial charge on any atom is -0.480 e. The Bertz CT molecular complexity index is 1230. The molecule has 0 amide bonds. The topological polar surface area (TPSA) is 59.6 Å². The maximum Gasteiger partial charge on any atom is 0.325 e. The fourth-order valence-corrected chi connectivity index (χ4v) is 4.63. The molecule has 1 aromatic heterocycles. The molecule has 0 bridgehead atoms. The number of carboxylic acids is 1. The summed E-state index contributed by atoms with van der Waals surface area (Å²) >= 11 is 0. The summed E-state index contributed by atoms with van der Waals surface area (Å²) < 4.78 is 13.3. The number of fused-ring (bicyclic) bond motifs is 1. The van der Waals surface area contributed by atoms with Crippen molar-refractivity contribution in [3.8, 4) is 11.3 Å². The molecule has 32 heavy (non-hydrogen) atoms. The zero-order valence-corrected chi connectivity index (χ0v) is 17.5. The van der Waals surface area contributed by atoms with Gasteiger partial charge in [0.1, 0.15) is 11.9 Å². The zero-order chi connectivity index (χ0) is 22.1. The van der Waals surface area contributed by atoms with Crippen molar-refractivity contribution in [3.63, 3.8) is 0 Å². The molecule has 1 aliphatic heterocycles. The van der Waals surface area contributed by atoms with Crippen molar-refractivity contribution < 1.29 is 14.3 Å². The first kappa shape index (κ1) is 20.3. The number of rotatable bonds is 5. The summed E-state index contributed by atoms with van der Waals surface area (Å²) in [6.45, 7) is 2.56. The number of hydrogen-bond acceptors (Lipinski definition) is 3. The van der Waals surface area contributed by atoms with E-state index in [4.69, 9.17) is 0 Å². The highest BCUT2D eigenvalue weighted by Gasteiger charge is 2.34. The minimum atomic E-state index is -0.859. The van der Waals surface area contributed by atoms with E-state index in [1.807, 2.05) is 59.5 Å². The number of piperazine rings is 1. The number of carbonyl (C=O) groups is 1. The van der Waals surface area contributed by atoms with Gasteiger partial charge in [-0.05, 0) is 35.9 Å². The summed E-state index contributed by atoms with van der Waals surface area (Å²) in [6, 6.07) is 23.4. The molecule has 1 saturated heterocycles. The smallest absolute Gasteiger partial charge is 0.325 e. The molecule has 1 fully saturated rings. The lowest BCUT2D eigenvalue weighted by Gasteiger charge is -2.39. The molecule has 6 heteroatoms. The van der Waals surface area contributed by atoms with Gasteiger partial charge in [-0.25, -0.2) is 4.39 Å². The number of H-pyrrole nitrogens is 1. The Balaban J connectivity index is 1.50. The first-order chi connectivity index (χ1) is 15.6. The van der Waals surface area contributed by atoms with Crippen LogP contribution in [0.1, 0.15) is 11.6 Å². The molecule has 0 aliphatic carbocycles. The van der Waals surface area contributed by atoms with Gasteiger partial charge in [-0.3, -0.25) is 9.69 Å². The molecule has 2 N–H and O–H groups in total. The van der Waals surface area contributed by atoms with Crippen LogP contribution in [-0.4, -0.2) is 47.1 Å². The lowest BCUT2D eigenvalue weighted by molar-refractivity contribution is -0.143. The van der Waals surface area contributed by atoms with Gasteiger partial charge in [0.05, 0.1) is 5.69 Å². The van der Waals surface area contributed by atoms with Crippen molar-refractivity contribution in [2.75, 3.05) is 31.1 Å². The number of hydrogen-bond donors (Lipinski definition) is 2. The van der Waals surface area contributed by atoms with Crippen molar-refractivity contribution in [3.05, 3.63) is 90.2 Å². The van der Waals surface area contributed by atoms with Crippen LogP contribution in [0.3, 0.4) is 0 Å². The number of para-hydroxylation sites is 1. The van der Waals surface area contributed by atoms with Crippen LogP contribution in [0.15, 0.2) is 78.9 Å². The number of aliphatic carboxylic acids is 1. The highest BCUT2D eigenvalue weighted by atomic mass is 19.1. The first-order valence-electron chi connectivity index (χ1n) is 10.8. The number of aromatic nitrogens is 1. The van der Waals surface area contributed by atoms with Gasteiger partial charge in [-0.1, -0.05) is 48.5 Å². The molecule has 1 aliphatic rings. The summed E-state index contributed by atoms with van der Waals surface area (Å²) in [7, 11) is 0. The van der Waals surface area contributed by atoms with Crippen LogP contribution < -0.4 is 4.90 Å². The molecule has 0 spiro atoms. The van der Waals surface area contributed by atoms with Crippen LogP contribution in [0.5, 0.6) is 0 Å². The Morgan fingerprint density at radius 1 is 0.875 bits per heavy atom. The predicted octanol–water partition coefficient (Wildman–Crippen LogP) is 4.92. The van der Waals surface area contributed by atoms with Crippen molar-refractivity contribution >= 4 is 22.6 Å². The van der Waals surface area contributed by atoms with Gasteiger partial charge in [0.2, 0.25) is 0 Å². The number of aromatic amines is 1.